The summed E-state index contributed by atoms with van der Waals surface area (Å²) in [5.41, 5.74) is 4.34. The van der Waals surface area contributed by atoms with E-state index in [4.69, 9.17) is 18.0 Å². The van der Waals surface area contributed by atoms with Crippen LogP contribution >= 0.6 is 11.6 Å². The van der Waals surface area contributed by atoms with E-state index in [1.165, 1.54) is 11.1 Å². The lowest BCUT2D eigenvalue weighted by atomic mass is 10.4. The molecule has 0 radical (unpaired) electrons. The summed E-state index contributed by atoms with van der Waals surface area (Å²) in [5.74, 6) is 2.34. The van der Waals surface area contributed by atoms with Crippen molar-refractivity contribution in [2.24, 2.45) is 0 Å². The topological polar surface area (TPSA) is 38.7 Å². The number of nitrogens with zero attached hydrogens (tertiary/aromatic N) is 3. The molecule has 0 fully saturated rings. The van der Waals surface area contributed by atoms with Gasteiger partial charge in [0.25, 0.3) is 0 Å². The molecule has 0 bridgehead atoms. The third kappa shape index (κ3) is 2.40. The number of pyridine rings is 1. The van der Waals surface area contributed by atoms with E-state index < -0.39 is 0 Å². The number of terminal acetylenes is 1. The van der Waals surface area contributed by atoms with E-state index in [0.717, 1.165) is 0 Å². The van der Waals surface area contributed by atoms with Crippen LogP contribution < -0.4 is 0 Å². The Bertz CT molecular complexity index is 789. The minimum Gasteiger partial charge on any atom is -0.235 e. The molecule has 2 aromatic rings. The number of halogens is 1. The molecule has 0 atom stereocenters. The molecule has 2 aliphatic carbocycles. The molecule has 3 nitrogen and oxygen atoms in total. The Hall–Kier alpha value is -2.44. The summed E-state index contributed by atoms with van der Waals surface area (Å²) in [5, 5.41) is 0.239. The molecule has 0 N–H and O–H groups in total. The maximum Gasteiger partial charge on any atom is 0.179 e. The van der Waals surface area contributed by atoms with Gasteiger partial charge in [-0.1, -0.05) is 29.8 Å². The predicted octanol–water partition coefficient (Wildman–Crippen LogP) is 3.33. The number of benzene rings is 1. The highest BCUT2D eigenvalue weighted by Crippen LogP contribution is 2.32. The lowest BCUT2D eigenvalue weighted by Gasteiger charge is -1.97. The second-order valence-electron chi connectivity index (χ2n) is 3.93. The molecule has 0 saturated carbocycles. The normalized spacial score (nSPS) is 10.3. The van der Waals surface area contributed by atoms with Crippen LogP contribution in [0.3, 0.4) is 0 Å². The summed E-state index contributed by atoms with van der Waals surface area (Å²) in [6.07, 6.45) is 6.81. The zero-order valence-electron chi connectivity index (χ0n) is 9.84. The minimum absolute atomic E-state index is 0.239. The van der Waals surface area contributed by atoms with E-state index in [2.05, 4.69) is 45.1 Å². The van der Waals surface area contributed by atoms with Gasteiger partial charge in [0.05, 0.1) is 0 Å². The van der Waals surface area contributed by atoms with Crippen LogP contribution in [0.1, 0.15) is 5.69 Å². The molecule has 19 heavy (non-hydrogen) atoms. The Morgan fingerprint density at radius 2 is 1.84 bits per heavy atom. The third-order valence-corrected chi connectivity index (χ3v) is 2.91. The zero-order chi connectivity index (χ0) is 13.2. The average Bonchev–Trinajstić information content (AvgIpc) is 3.05. The number of hydrogen-bond donors (Lipinski definition) is 0. The number of aromatic nitrogens is 3. The highest BCUT2D eigenvalue weighted by atomic mass is 35.5. The summed E-state index contributed by atoms with van der Waals surface area (Å²) < 4.78 is 0. The Morgan fingerprint density at radius 3 is 2.42 bits per heavy atom. The fourth-order valence-electron chi connectivity index (χ4n) is 1.64. The quantitative estimate of drug-likeness (QED) is 0.458. The van der Waals surface area contributed by atoms with Crippen LogP contribution in [-0.4, -0.2) is 15.0 Å². The maximum absolute atomic E-state index is 5.76. The fourth-order valence-corrected chi connectivity index (χ4v) is 1.83. The van der Waals surface area contributed by atoms with E-state index in [1.54, 1.807) is 18.3 Å². The highest BCUT2D eigenvalue weighted by Gasteiger charge is 2.07. The van der Waals surface area contributed by atoms with Crippen LogP contribution in [0.5, 0.6) is 0 Å². The molecule has 0 aromatic carbocycles. The SMILES string of the molecule is C#Cc1nc2ncccc2nc1Cl.c1cc2cc-2c1. The lowest BCUT2D eigenvalue weighted by Crippen LogP contribution is -1.92. The predicted molar refractivity (Wildman–Crippen MR) is 75.7 cm³/mol. The van der Waals surface area contributed by atoms with Gasteiger partial charge in [0.1, 0.15) is 5.52 Å². The van der Waals surface area contributed by atoms with Crippen molar-refractivity contribution in [3.05, 3.63) is 53.4 Å². The molecule has 2 aromatic heterocycles. The first-order valence-corrected chi connectivity index (χ1v) is 6.01. The first-order valence-electron chi connectivity index (χ1n) is 5.63. The molecular formula is C15H8ClN3. The van der Waals surface area contributed by atoms with Gasteiger partial charge < -0.3 is 0 Å². The molecule has 90 valence electrons. The Labute approximate surface area is 115 Å². The minimum atomic E-state index is 0.239. The van der Waals surface area contributed by atoms with E-state index in [1.807, 2.05) is 0 Å². The van der Waals surface area contributed by atoms with Crippen LogP contribution in [-0.2, 0) is 0 Å². The van der Waals surface area contributed by atoms with Crippen molar-refractivity contribution in [3.63, 3.8) is 0 Å². The molecule has 0 unspecified atom stereocenters. The average molecular weight is 266 g/mol. The van der Waals surface area contributed by atoms with Crippen molar-refractivity contribution in [1.29, 1.82) is 0 Å². The van der Waals surface area contributed by atoms with Gasteiger partial charge >= 0.3 is 0 Å². The van der Waals surface area contributed by atoms with Crippen molar-refractivity contribution < 1.29 is 0 Å². The first kappa shape index (κ1) is 11.6. The van der Waals surface area contributed by atoms with Crippen molar-refractivity contribution in [2.45, 2.75) is 0 Å². The first-order chi connectivity index (χ1) is 9.28. The molecule has 0 spiro atoms. The lowest BCUT2D eigenvalue weighted by molar-refractivity contribution is 1.20. The smallest absolute Gasteiger partial charge is 0.179 e. The summed E-state index contributed by atoms with van der Waals surface area (Å²) in [6.45, 7) is 0. The van der Waals surface area contributed by atoms with Crippen LogP contribution in [0, 0.1) is 12.3 Å². The molecule has 0 saturated heterocycles. The highest BCUT2D eigenvalue weighted by molar-refractivity contribution is 6.30. The van der Waals surface area contributed by atoms with Gasteiger partial charge in [0, 0.05) is 6.20 Å². The van der Waals surface area contributed by atoms with E-state index in [0.29, 0.717) is 16.9 Å². The van der Waals surface area contributed by atoms with Crippen molar-refractivity contribution in [3.8, 4) is 23.5 Å². The molecular weight excluding hydrogens is 258 g/mol. The second-order valence-corrected chi connectivity index (χ2v) is 4.29. The summed E-state index contributed by atoms with van der Waals surface area (Å²) in [7, 11) is 0. The Kier molecular flexibility index (Phi) is 2.86. The molecule has 4 rings (SSSR count). The maximum atomic E-state index is 5.76. The summed E-state index contributed by atoms with van der Waals surface area (Å²) >= 11 is 5.76. The van der Waals surface area contributed by atoms with Crippen LogP contribution in [0.15, 0.2) is 42.6 Å². The standard InChI is InChI=1S/C9H4ClN3.C6H4/c1-2-6-8(10)12-7-4-3-5-11-9(7)13-6;1-2-5-4-6(5)3-1/h1,3-5H;1-4H. The van der Waals surface area contributed by atoms with Crippen LogP contribution in [0.25, 0.3) is 22.3 Å². The molecule has 0 amide bonds. The summed E-state index contributed by atoms with van der Waals surface area (Å²) in [6, 6.07) is 12.0. The molecule has 2 aliphatic rings. The van der Waals surface area contributed by atoms with Gasteiger partial charge in [-0.15, -0.1) is 6.42 Å². The van der Waals surface area contributed by atoms with Gasteiger partial charge in [-0.3, -0.25) is 0 Å². The monoisotopic (exact) mass is 265 g/mol. The zero-order valence-corrected chi connectivity index (χ0v) is 10.6. The largest absolute Gasteiger partial charge is 0.235 e. The summed E-state index contributed by atoms with van der Waals surface area (Å²) in [4.78, 5) is 12.1. The van der Waals surface area contributed by atoms with Crippen molar-refractivity contribution >= 4 is 22.8 Å². The van der Waals surface area contributed by atoms with Crippen LogP contribution in [0.2, 0.25) is 5.15 Å². The molecule has 0 aliphatic heterocycles. The van der Waals surface area contributed by atoms with Gasteiger partial charge in [0.15, 0.2) is 16.5 Å². The van der Waals surface area contributed by atoms with E-state index in [9.17, 15) is 0 Å². The van der Waals surface area contributed by atoms with Gasteiger partial charge in [0.2, 0.25) is 0 Å². The van der Waals surface area contributed by atoms with Gasteiger partial charge in [-0.05, 0) is 35.2 Å². The second kappa shape index (κ2) is 4.68. The Morgan fingerprint density at radius 1 is 1.05 bits per heavy atom. The number of hydrogen-bond acceptors (Lipinski definition) is 3. The van der Waals surface area contributed by atoms with Gasteiger partial charge in [-0.2, -0.15) is 0 Å². The third-order valence-electron chi connectivity index (χ3n) is 2.65. The van der Waals surface area contributed by atoms with E-state index in [-0.39, 0.29) is 5.15 Å². The van der Waals surface area contributed by atoms with Crippen LogP contribution in [0.4, 0.5) is 0 Å². The van der Waals surface area contributed by atoms with Crippen molar-refractivity contribution in [2.75, 3.05) is 0 Å². The number of fused-ring (bicyclic) bond motifs is 2. The Balaban J connectivity index is 0.000000151. The van der Waals surface area contributed by atoms with E-state index >= 15 is 0 Å². The fraction of sp³-hybridized carbons (Fsp3) is 0. The molecule has 2 heterocycles. The van der Waals surface area contributed by atoms with Gasteiger partial charge in [-0.25, -0.2) is 15.0 Å². The molecule has 4 heteroatoms. The number of rotatable bonds is 0. The van der Waals surface area contributed by atoms with Crippen molar-refractivity contribution in [1.82, 2.24) is 15.0 Å².